The lowest BCUT2D eigenvalue weighted by molar-refractivity contribution is 0.272. The fraction of sp³-hybridized carbons (Fsp3) is 1.00. The van der Waals surface area contributed by atoms with Gasteiger partial charge in [0.05, 0.1) is 0 Å². The van der Waals surface area contributed by atoms with Gasteiger partial charge in [-0.15, -0.1) is 0 Å². The van der Waals surface area contributed by atoms with Gasteiger partial charge in [0, 0.05) is 12.6 Å². The average Bonchev–Trinajstić information content (AvgIpc) is 2.03. The van der Waals surface area contributed by atoms with Gasteiger partial charge in [-0.1, -0.05) is 27.2 Å². The third-order valence-electron chi connectivity index (χ3n) is 2.46. The molecular formula is C11H26N2. The predicted molar refractivity (Wildman–Crippen MR) is 60.1 cm³/mol. The van der Waals surface area contributed by atoms with Crippen molar-refractivity contribution in [1.29, 1.82) is 0 Å². The molecule has 80 valence electrons. The van der Waals surface area contributed by atoms with Crippen molar-refractivity contribution in [2.45, 2.75) is 39.7 Å². The summed E-state index contributed by atoms with van der Waals surface area (Å²) >= 11 is 0. The second kappa shape index (κ2) is 7.34. The highest BCUT2D eigenvalue weighted by atomic mass is 15.1. The molecule has 0 aliphatic rings. The minimum atomic E-state index is 0.653. The monoisotopic (exact) mass is 186 g/mol. The fourth-order valence-corrected chi connectivity index (χ4v) is 1.76. The van der Waals surface area contributed by atoms with Crippen molar-refractivity contribution in [3.63, 3.8) is 0 Å². The maximum absolute atomic E-state index is 3.56. The summed E-state index contributed by atoms with van der Waals surface area (Å²) in [4.78, 5) is 2.26. The quantitative estimate of drug-likeness (QED) is 0.654. The summed E-state index contributed by atoms with van der Waals surface area (Å²) in [6, 6.07) is 0.653. The van der Waals surface area contributed by atoms with Crippen molar-refractivity contribution in [2.24, 2.45) is 5.92 Å². The first-order chi connectivity index (χ1) is 6.11. The molecule has 0 rings (SSSR count). The van der Waals surface area contributed by atoms with Crippen LogP contribution in [-0.4, -0.2) is 38.1 Å². The normalized spacial score (nSPS) is 16.2. The van der Waals surface area contributed by atoms with Crippen LogP contribution in [0.5, 0.6) is 0 Å². The van der Waals surface area contributed by atoms with E-state index in [1.807, 2.05) is 0 Å². The number of rotatable bonds is 7. The highest BCUT2D eigenvalue weighted by molar-refractivity contribution is 4.74. The van der Waals surface area contributed by atoms with Crippen LogP contribution in [0.25, 0.3) is 0 Å². The van der Waals surface area contributed by atoms with Gasteiger partial charge in [-0.05, 0) is 33.0 Å². The molecule has 0 aromatic carbocycles. The maximum Gasteiger partial charge on any atom is 0.0220 e. The Morgan fingerprint density at radius 3 is 2.23 bits per heavy atom. The third-order valence-corrected chi connectivity index (χ3v) is 2.46. The van der Waals surface area contributed by atoms with Gasteiger partial charge < -0.3 is 10.2 Å². The van der Waals surface area contributed by atoms with E-state index in [0.717, 1.165) is 19.0 Å². The molecule has 0 spiro atoms. The second-order valence-corrected chi connectivity index (χ2v) is 4.19. The molecule has 0 heterocycles. The Balaban J connectivity index is 3.90. The molecule has 0 saturated carbocycles. The molecular weight excluding hydrogens is 160 g/mol. The van der Waals surface area contributed by atoms with Crippen LogP contribution in [-0.2, 0) is 0 Å². The Bertz CT molecular complexity index is 113. The Morgan fingerprint density at radius 1 is 1.23 bits per heavy atom. The Morgan fingerprint density at radius 2 is 1.85 bits per heavy atom. The number of likely N-dealkylation sites (N-methyl/N-ethyl adjacent to an activating group) is 2. The minimum absolute atomic E-state index is 0.653. The van der Waals surface area contributed by atoms with Crippen molar-refractivity contribution in [3.8, 4) is 0 Å². The van der Waals surface area contributed by atoms with Gasteiger partial charge >= 0.3 is 0 Å². The molecule has 0 fully saturated rings. The van der Waals surface area contributed by atoms with Crippen molar-refractivity contribution < 1.29 is 0 Å². The summed E-state index contributed by atoms with van der Waals surface area (Å²) in [6.07, 6.45) is 2.61. The summed E-state index contributed by atoms with van der Waals surface area (Å²) in [5.41, 5.74) is 0. The standard InChI is InChI=1S/C11H26N2/c1-6-8-10(3)11(12-7-2)9-13(4)5/h10-12H,6-9H2,1-5H3. The molecule has 0 aromatic heterocycles. The summed E-state index contributed by atoms with van der Waals surface area (Å²) in [5.74, 6) is 0.785. The van der Waals surface area contributed by atoms with E-state index in [2.05, 4.69) is 45.1 Å². The van der Waals surface area contributed by atoms with Gasteiger partial charge in [-0.2, -0.15) is 0 Å². The van der Waals surface area contributed by atoms with Gasteiger partial charge in [0.1, 0.15) is 0 Å². The van der Waals surface area contributed by atoms with Gasteiger partial charge in [-0.3, -0.25) is 0 Å². The summed E-state index contributed by atoms with van der Waals surface area (Å²) in [7, 11) is 4.28. The highest BCUT2D eigenvalue weighted by Gasteiger charge is 2.15. The largest absolute Gasteiger partial charge is 0.313 e. The number of hydrogen-bond donors (Lipinski definition) is 1. The summed E-state index contributed by atoms with van der Waals surface area (Å²) < 4.78 is 0. The minimum Gasteiger partial charge on any atom is -0.313 e. The average molecular weight is 186 g/mol. The lowest BCUT2D eigenvalue weighted by atomic mass is 9.96. The first-order valence-corrected chi connectivity index (χ1v) is 5.49. The van der Waals surface area contributed by atoms with E-state index < -0.39 is 0 Å². The smallest absolute Gasteiger partial charge is 0.0220 e. The molecule has 0 radical (unpaired) electrons. The van der Waals surface area contributed by atoms with Crippen molar-refractivity contribution >= 4 is 0 Å². The van der Waals surface area contributed by atoms with E-state index in [9.17, 15) is 0 Å². The molecule has 0 aromatic rings. The highest BCUT2D eigenvalue weighted by Crippen LogP contribution is 2.11. The zero-order valence-electron chi connectivity index (χ0n) is 9.93. The van der Waals surface area contributed by atoms with Crippen LogP contribution >= 0.6 is 0 Å². The molecule has 2 heteroatoms. The molecule has 2 unspecified atom stereocenters. The lowest BCUT2D eigenvalue weighted by Gasteiger charge is -2.27. The fourth-order valence-electron chi connectivity index (χ4n) is 1.76. The van der Waals surface area contributed by atoms with E-state index in [-0.39, 0.29) is 0 Å². The first kappa shape index (κ1) is 12.9. The Kier molecular flexibility index (Phi) is 7.29. The number of hydrogen-bond acceptors (Lipinski definition) is 2. The predicted octanol–water partition coefficient (Wildman–Crippen LogP) is 1.96. The van der Waals surface area contributed by atoms with Gasteiger partial charge in [0.2, 0.25) is 0 Å². The van der Waals surface area contributed by atoms with Gasteiger partial charge in [-0.25, -0.2) is 0 Å². The summed E-state index contributed by atoms with van der Waals surface area (Å²) in [6.45, 7) is 9.01. The zero-order valence-corrected chi connectivity index (χ0v) is 9.93. The molecule has 1 N–H and O–H groups in total. The molecule has 0 aliphatic heterocycles. The summed E-state index contributed by atoms with van der Waals surface area (Å²) in [5, 5.41) is 3.56. The maximum atomic E-state index is 3.56. The number of nitrogens with one attached hydrogen (secondary N) is 1. The van der Waals surface area contributed by atoms with Crippen LogP contribution in [0, 0.1) is 5.92 Å². The topological polar surface area (TPSA) is 15.3 Å². The van der Waals surface area contributed by atoms with E-state index in [1.165, 1.54) is 12.8 Å². The molecule has 0 amide bonds. The van der Waals surface area contributed by atoms with Crippen LogP contribution < -0.4 is 5.32 Å². The lowest BCUT2D eigenvalue weighted by Crippen LogP contribution is -2.42. The molecule has 2 atom stereocenters. The Labute approximate surface area is 83.7 Å². The molecule has 13 heavy (non-hydrogen) atoms. The van der Waals surface area contributed by atoms with Crippen molar-refractivity contribution in [2.75, 3.05) is 27.2 Å². The van der Waals surface area contributed by atoms with E-state index in [4.69, 9.17) is 0 Å². The van der Waals surface area contributed by atoms with Crippen LogP contribution in [0.3, 0.4) is 0 Å². The van der Waals surface area contributed by atoms with E-state index >= 15 is 0 Å². The second-order valence-electron chi connectivity index (χ2n) is 4.19. The van der Waals surface area contributed by atoms with Gasteiger partial charge in [0.15, 0.2) is 0 Å². The molecule has 0 aliphatic carbocycles. The van der Waals surface area contributed by atoms with Crippen LogP contribution in [0.1, 0.15) is 33.6 Å². The Hall–Kier alpha value is -0.0800. The zero-order chi connectivity index (χ0) is 10.3. The molecule has 0 saturated heterocycles. The first-order valence-electron chi connectivity index (χ1n) is 5.49. The van der Waals surface area contributed by atoms with Crippen LogP contribution in [0.15, 0.2) is 0 Å². The third kappa shape index (κ3) is 6.05. The molecule has 0 bridgehead atoms. The van der Waals surface area contributed by atoms with E-state index in [1.54, 1.807) is 0 Å². The number of nitrogens with zero attached hydrogens (tertiary/aromatic N) is 1. The SMILES string of the molecule is CCCC(C)C(CN(C)C)NCC. The van der Waals surface area contributed by atoms with Crippen LogP contribution in [0.2, 0.25) is 0 Å². The van der Waals surface area contributed by atoms with Crippen LogP contribution in [0.4, 0.5) is 0 Å². The van der Waals surface area contributed by atoms with Gasteiger partial charge in [0.25, 0.3) is 0 Å². The van der Waals surface area contributed by atoms with Crippen molar-refractivity contribution in [1.82, 2.24) is 10.2 Å². The van der Waals surface area contributed by atoms with E-state index in [0.29, 0.717) is 6.04 Å². The van der Waals surface area contributed by atoms with Crippen molar-refractivity contribution in [3.05, 3.63) is 0 Å². The molecule has 2 nitrogen and oxygen atoms in total.